The van der Waals surface area contributed by atoms with Crippen molar-refractivity contribution in [2.75, 3.05) is 13.1 Å². The molecule has 0 saturated carbocycles. The first-order chi connectivity index (χ1) is 10.7. The summed E-state index contributed by atoms with van der Waals surface area (Å²) in [4.78, 5) is 13.9. The largest absolute Gasteiger partial charge is 0.300 e. The van der Waals surface area contributed by atoms with E-state index >= 15 is 0 Å². The molecule has 1 unspecified atom stereocenters. The van der Waals surface area contributed by atoms with Gasteiger partial charge in [0.05, 0.1) is 0 Å². The predicted molar refractivity (Wildman–Crippen MR) is 88.9 cm³/mol. The van der Waals surface area contributed by atoms with E-state index in [-0.39, 0.29) is 0 Å². The molecule has 1 aliphatic carbocycles. The van der Waals surface area contributed by atoms with Crippen molar-refractivity contribution in [1.82, 2.24) is 4.90 Å². The number of hydrogen-bond acceptors (Lipinski definition) is 2. The van der Waals surface area contributed by atoms with E-state index in [0.717, 1.165) is 19.5 Å². The Hall–Kier alpha value is -1.93. The first-order valence-electron chi connectivity index (χ1n) is 8.19. The van der Waals surface area contributed by atoms with E-state index in [1.807, 2.05) is 0 Å². The number of likely N-dealkylation sites (tertiary alicyclic amines) is 1. The third-order valence-corrected chi connectivity index (χ3v) is 5.20. The summed E-state index contributed by atoms with van der Waals surface area (Å²) >= 11 is 0. The minimum atomic E-state index is 0.391. The molecule has 112 valence electrons. The smallest absolute Gasteiger partial charge is 0.135 e. The number of rotatable bonds is 2. The van der Waals surface area contributed by atoms with Crippen LogP contribution in [0, 0.1) is 0 Å². The van der Waals surface area contributed by atoms with Crippen LogP contribution in [0.25, 0.3) is 11.1 Å². The Bertz CT molecular complexity index is 724. The van der Waals surface area contributed by atoms with Gasteiger partial charge in [-0.2, -0.15) is 0 Å². The summed E-state index contributed by atoms with van der Waals surface area (Å²) < 4.78 is 0. The van der Waals surface area contributed by atoms with E-state index in [4.69, 9.17) is 0 Å². The van der Waals surface area contributed by atoms with Gasteiger partial charge in [0.1, 0.15) is 5.78 Å². The molecule has 1 fully saturated rings. The number of Topliss-reactive ketones (excluding diaryl/α,β-unsaturated/α-hetero) is 1. The van der Waals surface area contributed by atoms with E-state index in [1.165, 1.54) is 27.8 Å². The van der Waals surface area contributed by atoms with Crippen molar-refractivity contribution < 1.29 is 4.79 Å². The Morgan fingerprint density at radius 1 is 0.955 bits per heavy atom. The second-order valence-corrected chi connectivity index (χ2v) is 6.50. The van der Waals surface area contributed by atoms with Gasteiger partial charge in [-0.3, -0.25) is 9.69 Å². The van der Waals surface area contributed by atoms with Gasteiger partial charge in [-0.15, -0.1) is 0 Å². The normalized spacial score (nSPS) is 18.9. The maximum atomic E-state index is 11.4. The van der Waals surface area contributed by atoms with Crippen LogP contribution in [0.4, 0.5) is 0 Å². The van der Waals surface area contributed by atoms with Crippen LogP contribution >= 0.6 is 0 Å². The summed E-state index contributed by atoms with van der Waals surface area (Å²) in [5.41, 5.74) is 7.03. The van der Waals surface area contributed by atoms with Gasteiger partial charge in [-0.25, -0.2) is 0 Å². The Kier molecular flexibility index (Phi) is 3.34. The summed E-state index contributed by atoms with van der Waals surface area (Å²) in [7, 11) is 0. The summed E-state index contributed by atoms with van der Waals surface area (Å²) in [6, 6.07) is 16.0. The molecule has 2 heteroatoms. The minimum absolute atomic E-state index is 0.391. The lowest BCUT2D eigenvalue weighted by Gasteiger charge is -2.32. The Labute approximate surface area is 131 Å². The minimum Gasteiger partial charge on any atom is -0.300 e. The van der Waals surface area contributed by atoms with Crippen molar-refractivity contribution in [2.45, 2.75) is 32.2 Å². The van der Waals surface area contributed by atoms with E-state index in [1.54, 1.807) is 0 Å². The van der Waals surface area contributed by atoms with Gasteiger partial charge in [0.15, 0.2) is 0 Å². The highest BCUT2D eigenvalue weighted by molar-refractivity contribution is 5.79. The van der Waals surface area contributed by atoms with Crippen molar-refractivity contribution in [3.8, 4) is 11.1 Å². The fourth-order valence-electron chi connectivity index (χ4n) is 3.80. The quantitative estimate of drug-likeness (QED) is 0.711. The van der Waals surface area contributed by atoms with Crippen LogP contribution < -0.4 is 0 Å². The number of benzene rings is 2. The molecule has 22 heavy (non-hydrogen) atoms. The maximum absolute atomic E-state index is 11.4. The second-order valence-electron chi connectivity index (χ2n) is 6.50. The number of ketones is 1. The van der Waals surface area contributed by atoms with Gasteiger partial charge in [-0.05, 0) is 41.2 Å². The SMILES string of the molecule is CC(c1ccc2c(c1)Cc1ccccc1-2)N1CCC(=O)CC1. The predicted octanol–water partition coefficient (Wildman–Crippen LogP) is 3.98. The highest BCUT2D eigenvalue weighted by Gasteiger charge is 2.24. The molecule has 0 spiro atoms. The average Bonchev–Trinajstić information content (AvgIpc) is 2.92. The zero-order chi connectivity index (χ0) is 15.1. The first kappa shape index (κ1) is 13.7. The molecule has 0 radical (unpaired) electrons. The average molecular weight is 291 g/mol. The molecule has 2 aromatic rings. The van der Waals surface area contributed by atoms with E-state index in [2.05, 4.69) is 54.3 Å². The summed E-state index contributed by atoms with van der Waals surface area (Å²) in [6.45, 7) is 4.06. The Morgan fingerprint density at radius 2 is 1.68 bits per heavy atom. The van der Waals surface area contributed by atoms with Crippen molar-refractivity contribution >= 4 is 5.78 Å². The van der Waals surface area contributed by atoms with Gasteiger partial charge in [0, 0.05) is 32.0 Å². The molecule has 0 amide bonds. The molecule has 2 aromatic carbocycles. The molecular formula is C20H21NO. The summed E-state index contributed by atoms with van der Waals surface area (Å²) in [5.74, 6) is 0.410. The number of fused-ring (bicyclic) bond motifs is 3. The van der Waals surface area contributed by atoms with Gasteiger partial charge in [-0.1, -0.05) is 42.5 Å². The topological polar surface area (TPSA) is 20.3 Å². The van der Waals surface area contributed by atoms with Crippen molar-refractivity contribution in [3.63, 3.8) is 0 Å². The maximum Gasteiger partial charge on any atom is 0.135 e. The van der Waals surface area contributed by atoms with Crippen LogP contribution in [0.2, 0.25) is 0 Å². The first-order valence-corrected chi connectivity index (χ1v) is 8.19. The van der Waals surface area contributed by atoms with Crippen molar-refractivity contribution in [3.05, 3.63) is 59.2 Å². The van der Waals surface area contributed by atoms with E-state index < -0.39 is 0 Å². The Morgan fingerprint density at radius 3 is 2.50 bits per heavy atom. The van der Waals surface area contributed by atoms with Gasteiger partial charge in [0.25, 0.3) is 0 Å². The summed E-state index contributed by atoms with van der Waals surface area (Å²) in [5, 5.41) is 0. The molecule has 2 nitrogen and oxygen atoms in total. The zero-order valence-corrected chi connectivity index (χ0v) is 13.0. The lowest BCUT2D eigenvalue weighted by molar-refractivity contribution is -0.121. The van der Waals surface area contributed by atoms with Gasteiger partial charge in [0.2, 0.25) is 0 Å². The monoisotopic (exact) mass is 291 g/mol. The molecule has 0 N–H and O–H groups in total. The lowest BCUT2D eigenvalue weighted by Crippen LogP contribution is -2.35. The molecular weight excluding hydrogens is 270 g/mol. The van der Waals surface area contributed by atoms with E-state index in [9.17, 15) is 4.79 Å². The van der Waals surface area contributed by atoms with Crippen LogP contribution in [0.5, 0.6) is 0 Å². The van der Waals surface area contributed by atoms with Crippen molar-refractivity contribution in [1.29, 1.82) is 0 Å². The highest BCUT2D eigenvalue weighted by atomic mass is 16.1. The van der Waals surface area contributed by atoms with Crippen LogP contribution in [-0.2, 0) is 11.2 Å². The third-order valence-electron chi connectivity index (χ3n) is 5.20. The highest BCUT2D eigenvalue weighted by Crippen LogP contribution is 2.38. The van der Waals surface area contributed by atoms with Crippen molar-refractivity contribution in [2.24, 2.45) is 0 Å². The second kappa shape index (κ2) is 5.36. The standard InChI is InChI=1S/C20H21NO/c1-14(21-10-8-18(22)9-11-21)15-6-7-20-17(12-15)13-16-4-2-3-5-19(16)20/h2-7,12,14H,8-11,13H2,1H3. The molecule has 0 bridgehead atoms. The molecule has 1 aliphatic heterocycles. The van der Waals surface area contributed by atoms with Crippen LogP contribution in [0.1, 0.15) is 42.5 Å². The third kappa shape index (κ3) is 2.28. The van der Waals surface area contributed by atoms with Crippen LogP contribution in [0.3, 0.4) is 0 Å². The molecule has 1 heterocycles. The number of piperidine rings is 1. The number of nitrogens with zero attached hydrogens (tertiary/aromatic N) is 1. The molecule has 2 aliphatic rings. The lowest BCUT2D eigenvalue weighted by atomic mass is 9.98. The van der Waals surface area contributed by atoms with Gasteiger partial charge < -0.3 is 0 Å². The van der Waals surface area contributed by atoms with Crippen LogP contribution in [0.15, 0.2) is 42.5 Å². The molecule has 0 aromatic heterocycles. The number of carbonyl (C=O) groups excluding carboxylic acids is 1. The summed E-state index contributed by atoms with van der Waals surface area (Å²) in [6.07, 6.45) is 2.46. The van der Waals surface area contributed by atoms with Gasteiger partial charge >= 0.3 is 0 Å². The fraction of sp³-hybridized carbons (Fsp3) is 0.350. The zero-order valence-electron chi connectivity index (χ0n) is 13.0. The molecule has 1 atom stereocenters. The molecule has 1 saturated heterocycles. The Balaban J connectivity index is 1.60. The fourth-order valence-corrected chi connectivity index (χ4v) is 3.80. The van der Waals surface area contributed by atoms with Crippen LogP contribution in [-0.4, -0.2) is 23.8 Å². The number of carbonyl (C=O) groups is 1. The molecule has 4 rings (SSSR count). The number of hydrogen-bond donors (Lipinski definition) is 0. The van der Waals surface area contributed by atoms with E-state index in [0.29, 0.717) is 24.7 Å².